The van der Waals surface area contributed by atoms with Crippen LogP contribution < -0.4 is 5.32 Å². The van der Waals surface area contributed by atoms with Crippen LogP contribution in [0.1, 0.15) is 23.6 Å². The van der Waals surface area contributed by atoms with E-state index in [0.717, 1.165) is 0 Å². The second-order valence-corrected chi connectivity index (χ2v) is 7.29. The minimum Gasteiger partial charge on any atom is -0.469 e. The predicted octanol–water partition coefficient (Wildman–Crippen LogP) is 4.38. The molecule has 3 aromatic rings. The van der Waals surface area contributed by atoms with Crippen molar-refractivity contribution < 1.29 is 27.8 Å². The Labute approximate surface area is 168 Å². The van der Waals surface area contributed by atoms with Crippen LogP contribution in [-0.4, -0.2) is 33.7 Å². The molecule has 0 radical (unpaired) electrons. The standard InChI is InChI=1S/C19H18F3N3O3S/c1-28-16(27)9-15(11-4-2-6-13(8-11)29-19(20,21)22)24-18-23-14-7-3-5-12(10-26)17(14)25-18/h2-8,15,26H,9-10H2,1H3,(H2,23,24,25). The zero-order valence-corrected chi connectivity index (χ0v) is 16.1. The van der Waals surface area contributed by atoms with Gasteiger partial charge in [0.15, 0.2) is 0 Å². The summed E-state index contributed by atoms with van der Waals surface area (Å²) in [5.74, 6) is -0.202. The van der Waals surface area contributed by atoms with E-state index in [0.29, 0.717) is 28.1 Å². The summed E-state index contributed by atoms with van der Waals surface area (Å²) in [5, 5.41) is 12.5. The van der Waals surface area contributed by atoms with Gasteiger partial charge in [-0.2, -0.15) is 13.2 Å². The van der Waals surface area contributed by atoms with Gasteiger partial charge in [0.1, 0.15) is 0 Å². The molecule has 0 aliphatic heterocycles. The summed E-state index contributed by atoms with van der Waals surface area (Å²) in [6.45, 7) is -0.191. The number of aromatic amines is 1. The zero-order chi connectivity index (χ0) is 21.0. The van der Waals surface area contributed by atoms with E-state index in [4.69, 9.17) is 4.74 Å². The Morgan fingerprint density at radius 1 is 1.31 bits per heavy atom. The number of hydrogen-bond donors (Lipinski definition) is 3. The number of imidazole rings is 1. The first kappa shape index (κ1) is 21.0. The Morgan fingerprint density at radius 2 is 2.07 bits per heavy atom. The third kappa shape index (κ3) is 5.42. The number of anilines is 1. The molecule has 29 heavy (non-hydrogen) atoms. The molecular weight excluding hydrogens is 407 g/mol. The smallest absolute Gasteiger partial charge is 0.446 e. The van der Waals surface area contributed by atoms with Gasteiger partial charge in [0.05, 0.1) is 37.2 Å². The number of alkyl halides is 3. The molecular formula is C19H18F3N3O3S. The Balaban J connectivity index is 1.92. The molecule has 1 atom stereocenters. The number of halogens is 3. The van der Waals surface area contributed by atoms with Gasteiger partial charge in [-0.1, -0.05) is 24.3 Å². The van der Waals surface area contributed by atoms with Crippen LogP contribution in [0.2, 0.25) is 0 Å². The summed E-state index contributed by atoms with van der Waals surface area (Å²) in [5.41, 5.74) is -2.07. The van der Waals surface area contributed by atoms with Crippen LogP contribution in [0, 0.1) is 0 Å². The number of nitrogens with one attached hydrogen (secondary N) is 2. The van der Waals surface area contributed by atoms with Gasteiger partial charge in [-0.25, -0.2) is 4.98 Å². The molecule has 6 nitrogen and oxygen atoms in total. The topological polar surface area (TPSA) is 87.2 Å². The molecule has 1 heterocycles. The molecule has 0 fully saturated rings. The normalized spacial score (nSPS) is 12.7. The first-order valence-electron chi connectivity index (χ1n) is 8.56. The summed E-state index contributed by atoms with van der Waals surface area (Å²) in [7, 11) is 1.24. The number of aliphatic hydroxyl groups excluding tert-OH is 1. The van der Waals surface area contributed by atoms with Crippen molar-refractivity contribution in [3.8, 4) is 0 Å². The average Bonchev–Trinajstić information content (AvgIpc) is 3.08. The van der Waals surface area contributed by atoms with Gasteiger partial charge in [-0.05, 0) is 35.5 Å². The van der Waals surface area contributed by atoms with Crippen molar-refractivity contribution in [2.75, 3.05) is 12.4 Å². The van der Waals surface area contributed by atoms with E-state index in [-0.39, 0.29) is 29.7 Å². The first-order valence-corrected chi connectivity index (χ1v) is 9.38. The number of rotatable bonds is 7. The van der Waals surface area contributed by atoms with Crippen LogP contribution in [0.3, 0.4) is 0 Å². The average molecular weight is 425 g/mol. The Kier molecular flexibility index (Phi) is 6.33. The van der Waals surface area contributed by atoms with Crippen LogP contribution in [0.4, 0.5) is 19.1 Å². The SMILES string of the molecule is COC(=O)CC(Nc1nc2c(CO)cccc2[nH]1)c1cccc(SC(F)(F)F)c1. The number of hydrogen-bond acceptors (Lipinski definition) is 6. The van der Waals surface area contributed by atoms with Crippen molar-refractivity contribution in [3.63, 3.8) is 0 Å². The van der Waals surface area contributed by atoms with Gasteiger partial charge in [0, 0.05) is 10.5 Å². The highest BCUT2D eigenvalue weighted by molar-refractivity contribution is 8.00. The van der Waals surface area contributed by atoms with Gasteiger partial charge < -0.3 is 20.1 Å². The molecule has 0 aliphatic carbocycles. The number of aliphatic hydroxyl groups is 1. The number of carbonyl (C=O) groups is 1. The van der Waals surface area contributed by atoms with Gasteiger partial charge in [0.2, 0.25) is 5.95 Å². The zero-order valence-electron chi connectivity index (χ0n) is 15.3. The fraction of sp³-hybridized carbons (Fsp3) is 0.263. The van der Waals surface area contributed by atoms with Gasteiger partial charge in [-0.15, -0.1) is 0 Å². The lowest BCUT2D eigenvalue weighted by Gasteiger charge is -2.18. The predicted molar refractivity (Wildman–Crippen MR) is 103 cm³/mol. The third-order valence-corrected chi connectivity index (χ3v) is 4.89. The van der Waals surface area contributed by atoms with Crippen LogP contribution in [-0.2, 0) is 16.1 Å². The number of esters is 1. The summed E-state index contributed by atoms with van der Waals surface area (Å²) in [6, 6.07) is 10.5. The van der Waals surface area contributed by atoms with Crippen molar-refractivity contribution in [2.45, 2.75) is 29.5 Å². The minimum atomic E-state index is -4.41. The van der Waals surface area contributed by atoms with E-state index in [9.17, 15) is 23.1 Å². The highest BCUT2D eigenvalue weighted by Gasteiger charge is 2.29. The van der Waals surface area contributed by atoms with Crippen LogP contribution in [0.15, 0.2) is 47.4 Å². The van der Waals surface area contributed by atoms with Crippen molar-refractivity contribution in [1.82, 2.24) is 9.97 Å². The molecule has 3 rings (SSSR count). The fourth-order valence-corrected chi connectivity index (χ4v) is 3.49. The molecule has 1 aromatic heterocycles. The summed E-state index contributed by atoms with van der Waals surface area (Å²) < 4.78 is 42.9. The summed E-state index contributed by atoms with van der Waals surface area (Å²) >= 11 is -0.223. The quantitative estimate of drug-likeness (QED) is 0.385. The van der Waals surface area contributed by atoms with Gasteiger partial charge in [-0.3, -0.25) is 4.79 Å². The molecule has 0 saturated heterocycles. The Morgan fingerprint density at radius 3 is 2.76 bits per heavy atom. The van der Waals surface area contributed by atoms with Crippen molar-refractivity contribution in [2.24, 2.45) is 0 Å². The van der Waals surface area contributed by atoms with Crippen LogP contribution in [0.5, 0.6) is 0 Å². The number of H-pyrrole nitrogens is 1. The van der Waals surface area contributed by atoms with E-state index >= 15 is 0 Å². The molecule has 2 aromatic carbocycles. The van der Waals surface area contributed by atoms with Crippen LogP contribution in [0.25, 0.3) is 11.0 Å². The largest absolute Gasteiger partial charge is 0.469 e. The molecule has 0 amide bonds. The Bertz CT molecular complexity index is 1010. The molecule has 3 N–H and O–H groups in total. The molecule has 10 heteroatoms. The molecule has 154 valence electrons. The van der Waals surface area contributed by atoms with Crippen molar-refractivity contribution in [1.29, 1.82) is 0 Å². The number of ether oxygens (including phenoxy) is 1. The molecule has 0 spiro atoms. The number of para-hydroxylation sites is 1. The number of carbonyl (C=O) groups excluding carboxylic acids is 1. The Hall–Kier alpha value is -2.72. The number of fused-ring (bicyclic) bond motifs is 1. The van der Waals surface area contributed by atoms with E-state index < -0.39 is 17.5 Å². The number of aromatic nitrogens is 2. The van der Waals surface area contributed by atoms with Crippen molar-refractivity contribution in [3.05, 3.63) is 53.6 Å². The highest BCUT2D eigenvalue weighted by Crippen LogP contribution is 2.38. The highest BCUT2D eigenvalue weighted by atomic mass is 32.2. The summed E-state index contributed by atoms with van der Waals surface area (Å²) in [6.07, 6.45) is -0.111. The number of methoxy groups -OCH3 is 1. The maximum atomic E-state index is 12.7. The lowest BCUT2D eigenvalue weighted by molar-refractivity contribution is -0.140. The van der Waals surface area contributed by atoms with E-state index in [1.165, 1.54) is 25.3 Å². The molecule has 0 aliphatic rings. The lowest BCUT2D eigenvalue weighted by atomic mass is 10.0. The number of benzene rings is 2. The number of nitrogens with zero attached hydrogens (tertiary/aromatic N) is 1. The van der Waals surface area contributed by atoms with Gasteiger partial charge >= 0.3 is 11.5 Å². The number of thioether (sulfide) groups is 1. The lowest BCUT2D eigenvalue weighted by Crippen LogP contribution is -2.17. The van der Waals surface area contributed by atoms with E-state index in [2.05, 4.69) is 15.3 Å². The molecule has 1 unspecified atom stereocenters. The molecule has 0 saturated carbocycles. The van der Waals surface area contributed by atoms with Gasteiger partial charge in [0.25, 0.3) is 0 Å². The van der Waals surface area contributed by atoms with E-state index in [1.807, 2.05) is 0 Å². The van der Waals surface area contributed by atoms with E-state index in [1.54, 1.807) is 24.3 Å². The second kappa shape index (κ2) is 8.75. The minimum absolute atomic E-state index is 0.0128. The first-order chi connectivity index (χ1) is 13.8. The summed E-state index contributed by atoms with van der Waals surface area (Å²) in [4.78, 5) is 19.3. The maximum Gasteiger partial charge on any atom is 0.446 e. The van der Waals surface area contributed by atoms with Crippen LogP contribution >= 0.6 is 11.8 Å². The monoisotopic (exact) mass is 425 g/mol. The third-order valence-electron chi connectivity index (χ3n) is 4.17. The fourth-order valence-electron chi connectivity index (χ4n) is 2.88. The maximum absolute atomic E-state index is 12.7. The molecule has 0 bridgehead atoms. The second-order valence-electron chi connectivity index (χ2n) is 6.15. The van der Waals surface area contributed by atoms with Crippen molar-refractivity contribution >= 4 is 34.7 Å².